The van der Waals surface area contributed by atoms with Crippen LogP contribution in [0.2, 0.25) is 0 Å². The van der Waals surface area contributed by atoms with Gasteiger partial charge in [0.15, 0.2) is 5.65 Å². The van der Waals surface area contributed by atoms with Crippen molar-refractivity contribution in [3.8, 4) is 11.3 Å². The predicted molar refractivity (Wildman–Crippen MR) is 97.8 cm³/mol. The van der Waals surface area contributed by atoms with Crippen molar-refractivity contribution in [2.24, 2.45) is 14.1 Å². The Morgan fingerprint density at radius 2 is 1.85 bits per heavy atom. The first-order valence-corrected chi connectivity index (χ1v) is 8.80. The minimum Gasteiger partial charge on any atom is -0.275 e. The minimum atomic E-state index is 0.711. The number of rotatable bonds is 3. The molecule has 26 heavy (non-hydrogen) atoms. The Labute approximate surface area is 152 Å². The monoisotopic (exact) mass is 362 g/mol. The van der Waals surface area contributed by atoms with Crippen LogP contribution in [0.1, 0.15) is 0 Å². The van der Waals surface area contributed by atoms with Gasteiger partial charge in [-0.25, -0.2) is 0 Å². The van der Waals surface area contributed by atoms with Gasteiger partial charge in [0.1, 0.15) is 0 Å². The number of aromatic nitrogens is 8. The highest BCUT2D eigenvalue weighted by Gasteiger charge is 2.12. The summed E-state index contributed by atoms with van der Waals surface area (Å²) in [5.74, 6) is 0. The van der Waals surface area contributed by atoms with Crippen molar-refractivity contribution in [2.45, 2.75) is 10.1 Å². The molecule has 5 rings (SSSR count). The Kier molecular flexibility index (Phi) is 3.29. The predicted octanol–water partition coefficient (Wildman–Crippen LogP) is 2.56. The molecule has 0 N–H and O–H groups in total. The normalized spacial score (nSPS) is 11.6. The van der Waals surface area contributed by atoms with Crippen LogP contribution >= 0.6 is 11.8 Å². The molecular weight excluding hydrogens is 348 g/mol. The summed E-state index contributed by atoms with van der Waals surface area (Å²) in [6.45, 7) is 0. The molecule has 9 heteroatoms. The van der Waals surface area contributed by atoms with E-state index in [1.54, 1.807) is 15.4 Å². The molecule has 8 nitrogen and oxygen atoms in total. The summed E-state index contributed by atoms with van der Waals surface area (Å²) in [6, 6.07) is 9.98. The van der Waals surface area contributed by atoms with Crippen molar-refractivity contribution >= 4 is 28.3 Å². The van der Waals surface area contributed by atoms with Crippen molar-refractivity contribution in [2.75, 3.05) is 0 Å². The van der Waals surface area contributed by atoms with Crippen LogP contribution < -0.4 is 0 Å². The van der Waals surface area contributed by atoms with Gasteiger partial charge in [0, 0.05) is 42.3 Å². The SMILES string of the molecule is Cn1cc(-c2ccc3nnc(Sc4ccc5nn(C)cc5c4)n3n2)cn1. The first kappa shape index (κ1) is 15.1. The molecule has 0 spiro atoms. The van der Waals surface area contributed by atoms with Crippen LogP contribution in [0.25, 0.3) is 27.8 Å². The molecule has 0 aliphatic heterocycles. The molecule has 5 aromatic rings. The maximum atomic E-state index is 4.68. The fraction of sp³-hybridized carbons (Fsp3) is 0.118. The van der Waals surface area contributed by atoms with E-state index in [1.165, 1.54) is 11.8 Å². The lowest BCUT2D eigenvalue weighted by Gasteiger charge is -2.01. The van der Waals surface area contributed by atoms with E-state index >= 15 is 0 Å². The molecule has 0 bridgehead atoms. The lowest BCUT2D eigenvalue weighted by atomic mass is 10.2. The van der Waals surface area contributed by atoms with Gasteiger partial charge < -0.3 is 0 Å². The van der Waals surface area contributed by atoms with Crippen LogP contribution in [0.15, 0.2) is 59.0 Å². The van der Waals surface area contributed by atoms with E-state index in [0.717, 1.165) is 27.1 Å². The van der Waals surface area contributed by atoms with E-state index in [2.05, 4.69) is 31.6 Å². The zero-order valence-corrected chi connectivity index (χ0v) is 14.9. The molecule has 4 aromatic heterocycles. The summed E-state index contributed by atoms with van der Waals surface area (Å²) in [5, 5.41) is 23.6. The molecule has 0 aliphatic carbocycles. The van der Waals surface area contributed by atoms with Crippen molar-refractivity contribution in [1.29, 1.82) is 0 Å². The highest BCUT2D eigenvalue weighted by Crippen LogP contribution is 2.29. The Hall–Kier alpha value is -3.20. The number of benzene rings is 1. The van der Waals surface area contributed by atoms with Crippen LogP contribution in [-0.4, -0.2) is 39.4 Å². The molecule has 0 saturated heterocycles. The van der Waals surface area contributed by atoms with Gasteiger partial charge in [-0.1, -0.05) is 0 Å². The molecule has 1 aromatic carbocycles. The summed E-state index contributed by atoms with van der Waals surface area (Å²) in [4.78, 5) is 1.06. The van der Waals surface area contributed by atoms with Crippen molar-refractivity contribution in [3.05, 3.63) is 48.9 Å². The lowest BCUT2D eigenvalue weighted by molar-refractivity contribution is 0.767. The average molecular weight is 362 g/mol. The molecule has 0 fully saturated rings. The first-order chi connectivity index (χ1) is 12.7. The van der Waals surface area contributed by atoms with E-state index in [4.69, 9.17) is 0 Å². The number of fused-ring (bicyclic) bond motifs is 2. The zero-order valence-electron chi connectivity index (χ0n) is 14.1. The highest BCUT2D eigenvalue weighted by atomic mass is 32.2. The van der Waals surface area contributed by atoms with E-state index in [-0.39, 0.29) is 0 Å². The third-order valence-corrected chi connectivity index (χ3v) is 4.96. The van der Waals surface area contributed by atoms with Crippen molar-refractivity contribution < 1.29 is 0 Å². The molecule has 0 unspecified atom stereocenters. The second kappa shape index (κ2) is 5.67. The Morgan fingerprint density at radius 3 is 2.69 bits per heavy atom. The maximum Gasteiger partial charge on any atom is 0.217 e. The van der Waals surface area contributed by atoms with Crippen molar-refractivity contribution in [1.82, 2.24) is 39.4 Å². The van der Waals surface area contributed by atoms with Gasteiger partial charge in [0.25, 0.3) is 0 Å². The summed E-state index contributed by atoms with van der Waals surface area (Å²) in [6.07, 6.45) is 5.73. The lowest BCUT2D eigenvalue weighted by Crippen LogP contribution is -1.95. The van der Waals surface area contributed by atoms with E-state index in [1.807, 2.05) is 55.4 Å². The van der Waals surface area contributed by atoms with Gasteiger partial charge in [0.05, 0.1) is 17.4 Å². The average Bonchev–Trinajstić information content (AvgIpc) is 3.32. The number of aryl methyl sites for hydroxylation is 2. The quantitative estimate of drug-likeness (QED) is 0.491. The molecule has 0 aliphatic rings. The number of hydrogen-bond donors (Lipinski definition) is 0. The van der Waals surface area contributed by atoms with Crippen LogP contribution in [0.3, 0.4) is 0 Å². The van der Waals surface area contributed by atoms with Crippen LogP contribution in [-0.2, 0) is 14.1 Å². The summed E-state index contributed by atoms with van der Waals surface area (Å²) < 4.78 is 5.33. The van der Waals surface area contributed by atoms with E-state index < -0.39 is 0 Å². The van der Waals surface area contributed by atoms with Crippen molar-refractivity contribution in [3.63, 3.8) is 0 Å². The van der Waals surface area contributed by atoms with Crippen LogP contribution in [0.4, 0.5) is 0 Å². The van der Waals surface area contributed by atoms with Crippen LogP contribution in [0, 0.1) is 0 Å². The largest absolute Gasteiger partial charge is 0.275 e. The minimum absolute atomic E-state index is 0.711. The Morgan fingerprint density at radius 1 is 0.923 bits per heavy atom. The van der Waals surface area contributed by atoms with Gasteiger partial charge in [-0.3, -0.25) is 9.36 Å². The van der Waals surface area contributed by atoms with E-state index in [0.29, 0.717) is 10.8 Å². The third-order valence-electron chi connectivity index (χ3n) is 4.03. The Bertz CT molecular complexity index is 1250. The molecular formula is C17H14N8S. The molecule has 128 valence electrons. The molecule has 0 radical (unpaired) electrons. The topological polar surface area (TPSA) is 78.7 Å². The third kappa shape index (κ3) is 2.53. The van der Waals surface area contributed by atoms with Gasteiger partial charge in [0.2, 0.25) is 5.16 Å². The fourth-order valence-electron chi connectivity index (χ4n) is 2.84. The summed E-state index contributed by atoms with van der Waals surface area (Å²) in [7, 11) is 3.80. The number of hydrogen-bond acceptors (Lipinski definition) is 6. The second-order valence-corrected chi connectivity index (χ2v) is 7.04. The Balaban J connectivity index is 1.55. The van der Waals surface area contributed by atoms with Gasteiger partial charge in [-0.2, -0.15) is 19.8 Å². The zero-order chi connectivity index (χ0) is 17.7. The van der Waals surface area contributed by atoms with Gasteiger partial charge >= 0.3 is 0 Å². The molecule has 4 heterocycles. The van der Waals surface area contributed by atoms with Gasteiger partial charge in [-0.05, 0) is 42.1 Å². The highest BCUT2D eigenvalue weighted by molar-refractivity contribution is 7.99. The standard InChI is InChI=1S/C17H14N8S/c1-23-10-12(8-18-23)15-5-6-16-19-20-17(25(16)22-15)26-13-3-4-14-11(7-13)9-24(2)21-14/h3-10H,1-2H3. The summed E-state index contributed by atoms with van der Waals surface area (Å²) in [5.41, 5.74) is 3.47. The summed E-state index contributed by atoms with van der Waals surface area (Å²) >= 11 is 1.53. The fourth-order valence-corrected chi connectivity index (χ4v) is 3.67. The maximum absolute atomic E-state index is 4.68. The second-order valence-electron chi connectivity index (χ2n) is 6.00. The van der Waals surface area contributed by atoms with Gasteiger partial charge in [-0.15, -0.1) is 10.2 Å². The number of nitrogens with zero attached hydrogens (tertiary/aromatic N) is 8. The van der Waals surface area contributed by atoms with Crippen LogP contribution in [0.5, 0.6) is 0 Å². The molecule has 0 amide bonds. The molecule has 0 atom stereocenters. The first-order valence-electron chi connectivity index (χ1n) is 7.98. The molecule has 0 saturated carbocycles. The van der Waals surface area contributed by atoms with E-state index in [9.17, 15) is 0 Å². The smallest absolute Gasteiger partial charge is 0.217 e.